The summed E-state index contributed by atoms with van der Waals surface area (Å²) in [7, 11) is 1.29. The molecular formula is C29H30F7N5O2S. The quantitative estimate of drug-likeness (QED) is 0.286. The average molecular weight is 646 g/mol. The molecule has 3 unspecified atom stereocenters. The number of amides is 3. The summed E-state index contributed by atoms with van der Waals surface area (Å²) in [5, 5.41) is 4.92. The Morgan fingerprint density at radius 1 is 1.11 bits per heavy atom. The van der Waals surface area contributed by atoms with Gasteiger partial charge in [0.1, 0.15) is 5.82 Å². The molecule has 3 amide bonds. The number of anilines is 1. The Hall–Kier alpha value is -3.88. The van der Waals surface area contributed by atoms with Crippen molar-refractivity contribution in [3.05, 3.63) is 81.1 Å². The Labute approximate surface area is 252 Å². The van der Waals surface area contributed by atoms with Gasteiger partial charge in [0.15, 0.2) is 5.13 Å². The molecule has 1 aliphatic rings. The molecule has 2 aromatic carbocycles. The van der Waals surface area contributed by atoms with E-state index >= 15 is 0 Å². The van der Waals surface area contributed by atoms with Crippen molar-refractivity contribution in [2.45, 2.75) is 63.6 Å². The van der Waals surface area contributed by atoms with Crippen molar-refractivity contribution < 1.29 is 40.3 Å². The maximum atomic E-state index is 14.0. The fourth-order valence-corrected chi connectivity index (χ4v) is 5.86. The Kier molecular flexibility index (Phi) is 9.47. The van der Waals surface area contributed by atoms with E-state index in [0.717, 1.165) is 4.90 Å². The fourth-order valence-electron chi connectivity index (χ4n) is 5.29. The number of piperidine rings is 1. The van der Waals surface area contributed by atoms with Gasteiger partial charge in [0, 0.05) is 25.0 Å². The van der Waals surface area contributed by atoms with Crippen molar-refractivity contribution in [1.82, 2.24) is 20.1 Å². The van der Waals surface area contributed by atoms with E-state index in [4.69, 9.17) is 5.73 Å². The van der Waals surface area contributed by atoms with Crippen LogP contribution in [-0.2, 0) is 23.6 Å². The number of nitrogens with one attached hydrogen (secondary N) is 1. The van der Waals surface area contributed by atoms with Gasteiger partial charge in [-0.05, 0) is 73.7 Å². The highest BCUT2D eigenvalue weighted by Gasteiger charge is 2.39. The molecule has 7 nitrogen and oxygen atoms in total. The normalized spacial score (nSPS) is 18.2. The van der Waals surface area contributed by atoms with Crippen LogP contribution < -0.4 is 11.1 Å². The molecule has 1 fully saturated rings. The highest BCUT2D eigenvalue weighted by molar-refractivity contribution is 7.13. The number of nitrogens with two attached hydrogens (primary N) is 1. The number of carbonyl (C=O) groups excluding carboxylic acids is 2. The maximum Gasteiger partial charge on any atom is 0.416 e. The Morgan fingerprint density at radius 2 is 1.75 bits per heavy atom. The van der Waals surface area contributed by atoms with E-state index in [1.807, 2.05) is 0 Å². The highest BCUT2D eigenvalue weighted by atomic mass is 32.1. The minimum Gasteiger partial charge on any atom is -0.375 e. The monoisotopic (exact) mass is 645 g/mol. The number of hydrogen-bond donors (Lipinski definition) is 2. The lowest BCUT2D eigenvalue weighted by Crippen LogP contribution is -2.52. The van der Waals surface area contributed by atoms with E-state index < -0.39 is 53.5 Å². The number of aryl methyl sites for hydroxylation is 1. The standard InChI is InChI=1S/C29H30F7N5O2S/c1-15-8-20(30)4-5-23(15)24-12-21(38-25(42)13-22-14-44-26(37)39-22)6-7-41(24)27(43)40(3)16(2)17-9-18(28(31,32)33)11-19(10-17)29(34,35)36/h4-5,8-11,14,16,21,24H,6-7,12-13H2,1-3H3,(H2,37,39)(H,38,42). The molecule has 2 heterocycles. The number of halogens is 7. The van der Waals surface area contributed by atoms with Crippen LogP contribution in [0.15, 0.2) is 41.8 Å². The van der Waals surface area contributed by atoms with Crippen molar-refractivity contribution in [2.75, 3.05) is 19.3 Å². The number of likely N-dealkylation sites (tertiary alicyclic amines) is 1. The molecule has 0 spiro atoms. The highest BCUT2D eigenvalue weighted by Crippen LogP contribution is 2.39. The van der Waals surface area contributed by atoms with Gasteiger partial charge in [-0.1, -0.05) is 6.07 Å². The van der Waals surface area contributed by atoms with Crippen molar-refractivity contribution in [1.29, 1.82) is 0 Å². The van der Waals surface area contributed by atoms with Gasteiger partial charge in [0.25, 0.3) is 0 Å². The van der Waals surface area contributed by atoms with Gasteiger partial charge in [-0.3, -0.25) is 4.79 Å². The molecule has 3 atom stereocenters. The van der Waals surface area contributed by atoms with Gasteiger partial charge in [-0.2, -0.15) is 26.3 Å². The second-order valence-corrected chi connectivity index (χ2v) is 11.7. The largest absolute Gasteiger partial charge is 0.416 e. The van der Waals surface area contributed by atoms with Crippen LogP contribution in [0.1, 0.15) is 65.4 Å². The van der Waals surface area contributed by atoms with Crippen LogP contribution in [0.4, 0.5) is 40.7 Å². The summed E-state index contributed by atoms with van der Waals surface area (Å²) in [4.78, 5) is 33.2. The van der Waals surface area contributed by atoms with E-state index in [9.17, 15) is 40.3 Å². The van der Waals surface area contributed by atoms with Crippen molar-refractivity contribution in [2.24, 2.45) is 0 Å². The predicted octanol–water partition coefficient (Wildman–Crippen LogP) is 6.89. The minimum absolute atomic E-state index is 0.00968. The maximum absolute atomic E-state index is 14.0. The topological polar surface area (TPSA) is 91.6 Å². The van der Waals surface area contributed by atoms with Crippen molar-refractivity contribution in [3.8, 4) is 0 Å². The molecular weight excluding hydrogens is 615 g/mol. The Bertz CT molecular complexity index is 1490. The average Bonchev–Trinajstić information content (AvgIpc) is 3.34. The molecule has 0 aliphatic carbocycles. The van der Waals surface area contributed by atoms with E-state index in [0.29, 0.717) is 40.5 Å². The van der Waals surface area contributed by atoms with Gasteiger partial charge in [-0.15, -0.1) is 11.3 Å². The molecule has 1 aliphatic heterocycles. The zero-order valence-corrected chi connectivity index (χ0v) is 24.7. The number of nitrogens with zero attached hydrogens (tertiary/aromatic N) is 3. The second kappa shape index (κ2) is 12.6. The van der Waals surface area contributed by atoms with E-state index in [1.165, 1.54) is 48.4 Å². The zero-order chi connectivity index (χ0) is 32.6. The number of nitrogen functional groups attached to an aromatic ring is 1. The van der Waals surface area contributed by atoms with E-state index in [-0.39, 0.29) is 36.9 Å². The van der Waals surface area contributed by atoms with Gasteiger partial charge in [-0.25, -0.2) is 14.2 Å². The first kappa shape index (κ1) is 33.0. The number of hydrogen-bond acceptors (Lipinski definition) is 5. The lowest BCUT2D eigenvalue weighted by Gasteiger charge is -2.43. The summed E-state index contributed by atoms with van der Waals surface area (Å²) >= 11 is 1.20. The smallest absolute Gasteiger partial charge is 0.375 e. The molecule has 238 valence electrons. The van der Waals surface area contributed by atoms with E-state index in [2.05, 4.69) is 10.3 Å². The zero-order valence-electron chi connectivity index (χ0n) is 23.9. The summed E-state index contributed by atoms with van der Waals surface area (Å²) in [6, 6.07) is 2.37. The van der Waals surface area contributed by atoms with Crippen LogP contribution in [0.2, 0.25) is 0 Å². The number of alkyl halides is 6. The van der Waals surface area contributed by atoms with Gasteiger partial charge >= 0.3 is 18.4 Å². The molecule has 4 rings (SSSR count). The first-order valence-corrected chi connectivity index (χ1v) is 14.4. The molecule has 1 aromatic heterocycles. The summed E-state index contributed by atoms with van der Waals surface area (Å²) in [6.45, 7) is 3.09. The van der Waals surface area contributed by atoms with E-state index in [1.54, 1.807) is 12.3 Å². The van der Waals surface area contributed by atoms with Crippen molar-refractivity contribution >= 4 is 28.4 Å². The third-order valence-electron chi connectivity index (χ3n) is 7.69. The molecule has 3 N–H and O–H groups in total. The first-order valence-electron chi connectivity index (χ1n) is 13.5. The molecule has 0 radical (unpaired) electrons. The number of rotatable bonds is 6. The molecule has 1 saturated heterocycles. The summed E-state index contributed by atoms with van der Waals surface area (Å²) in [5.41, 5.74) is 3.95. The number of carbonyl (C=O) groups is 2. The fraction of sp³-hybridized carbons (Fsp3) is 0.414. The summed E-state index contributed by atoms with van der Waals surface area (Å²) in [5.74, 6) is -0.812. The van der Waals surface area contributed by atoms with Crippen LogP contribution in [0.3, 0.4) is 0 Å². The SMILES string of the molecule is Cc1cc(F)ccc1C1CC(NC(=O)Cc2csc(N)n2)CCN1C(=O)N(C)C(C)c1cc(C(F)(F)F)cc(C(F)(F)F)c1. The third-order valence-corrected chi connectivity index (χ3v) is 8.41. The summed E-state index contributed by atoms with van der Waals surface area (Å²) in [6.07, 6.45) is -9.54. The number of urea groups is 1. The van der Waals surface area contributed by atoms with Crippen LogP contribution in [-0.4, -0.2) is 46.4 Å². The summed E-state index contributed by atoms with van der Waals surface area (Å²) < 4.78 is 94.9. The van der Waals surface area contributed by atoms with Gasteiger partial charge in [0.2, 0.25) is 5.91 Å². The Morgan fingerprint density at radius 3 is 2.30 bits per heavy atom. The molecule has 44 heavy (non-hydrogen) atoms. The lowest BCUT2D eigenvalue weighted by molar-refractivity contribution is -0.143. The molecule has 0 bridgehead atoms. The predicted molar refractivity (Wildman–Crippen MR) is 150 cm³/mol. The van der Waals surface area contributed by atoms with Crippen LogP contribution in [0, 0.1) is 12.7 Å². The van der Waals surface area contributed by atoms with Crippen LogP contribution in [0.25, 0.3) is 0 Å². The minimum atomic E-state index is -5.04. The lowest BCUT2D eigenvalue weighted by atomic mass is 9.89. The number of benzene rings is 2. The molecule has 0 saturated carbocycles. The van der Waals surface area contributed by atoms with Gasteiger partial charge < -0.3 is 20.9 Å². The number of thiazole rings is 1. The van der Waals surface area contributed by atoms with Crippen LogP contribution >= 0.6 is 11.3 Å². The molecule has 3 aromatic rings. The first-order chi connectivity index (χ1) is 20.4. The third kappa shape index (κ3) is 7.60. The van der Waals surface area contributed by atoms with Crippen molar-refractivity contribution in [3.63, 3.8) is 0 Å². The van der Waals surface area contributed by atoms with Gasteiger partial charge in [0.05, 0.1) is 35.3 Å². The number of aromatic nitrogens is 1. The molecule has 15 heteroatoms. The second-order valence-electron chi connectivity index (χ2n) is 10.8. The Balaban J connectivity index is 1.60. The van der Waals surface area contributed by atoms with Crippen LogP contribution in [0.5, 0.6) is 0 Å².